The third-order valence-corrected chi connectivity index (χ3v) is 5.64. The molecule has 4 rings (SSSR count). The van der Waals surface area contributed by atoms with Crippen LogP contribution in [0, 0.1) is 0 Å². The van der Waals surface area contributed by atoms with Crippen molar-refractivity contribution in [2.75, 3.05) is 19.4 Å². The number of hydrogen-bond donors (Lipinski definition) is 1. The van der Waals surface area contributed by atoms with Crippen molar-refractivity contribution >= 4 is 23.3 Å². The quantitative estimate of drug-likeness (QED) is 0.427. The van der Waals surface area contributed by atoms with Crippen LogP contribution in [0.4, 0.5) is 0 Å². The summed E-state index contributed by atoms with van der Waals surface area (Å²) in [5.41, 5.74) is 1.78. The van der Waals surface area contributed by atoms with E-state index in [1.165, 1.54) is 21.9 Å². The van der Waals surface area contributed by atoms with Crippen LogP contribution in [0.5, 0.6) is 5.75 Å². The van der Waals surface area contributed by atoms with Gasteiger partial charge in [-0.3, -0.25) is 18.6 Å². The van der Waals surface area contributed by atoms with Gasteiger partial charge in [0.1, 0.15) is 5.75 Å². The molecule has 0 bridgehead atoms. The van der Waals surface area contributed by atoms with Crippen molar-refractivity contribution in [2.45, 2.75) is 11.6 Å². The topological polar surface area (TPSA) is 90.5 Å². The van der Waals surface area contributed by atoms with E-state index >= 15 is 0 Å². The highest BCUT2D eigenvalue weighted by atomic mass is 32.2. The lowest BCUT2D eigenvalue weighted by Gasteiger charge is -2.07. The molecular weight excluding hydrogens is 414 g/mol. The number of ether oxygens (including phenoxy) is 1. The van der Waals surface area contributed by atoms with Crippen molar-refractivity contribution in [1.29, 1.82) is 0 Å². The molecule has 1 amide bonds. The van der Waals surface area contributed by atoms with Crippen LogP contribution in [-0.4, -0.2) is 44.5 Å². The number of nitrogens with zero attached hydrogens (tertiary/aromatic N) is 4. The fraction of sp³-hybridized carbons (Fsp3) is 0.182. The second-order valence-corrected chi connectivity index (χ2v) is 7.66. The van der Waals surface area contributed by atoms with Gasteiger partial charge in [-0.15, -0.1) is 10.2 Å². The highest BCUT2D eigenvalue weighted by Gasteiger charge is 2.13. The van der Waals surface area contributed by atoms with E-state index in [-0.39, 0.29) is 22.9 Å². The van der Waals surface area contributed by atoms with Crippen molar-refractivity contribution < 1.29 is 9.53 Å². The maximum Gasteiger partial charge on any atom is 0.300 e. The van der Waals surface area contributed by atoms with Crippen LogP contribution in [-0.2, 0) is 11.2 Å². The number of hydrogen-bond acceptors (Lipinski definition) is 6. The molecule has 0 aliphatic heterocycles. The van der Waals surface area contributed by atoms with E-state index in [0.717, 1.165) is 6.42 Å². The Kier molecular flexibility index (Phi) is 6.32. The number of carbonyl (C=O) groups is 1. The first-order valence-corrected chi connectivity index (χ1v) is 10.7. The standard InChI is InChI=1S/C22H21N5O3S/c1-30-18-9-7-17(8-10-18)26-13-14-27-20(21(26)29)24-25-22(27)31-15-19(28)23-12-11-16-5-3-2-4-6-16/h2-10,13-14H,11-12,15H2,1H3,(H,23,28). The zero-order valence-electron chi connectivity index (χ0n) is 16.9. The second kappa shape index (κ2) is 9.48. The van der Waals surface area contributed by atoms with Crippen LogP contribution in [0.25, 0.3) is 11.3 Å². The minimum Gasteiger partial charge on any atom is -0.497 e. The zero-order valence-corrected chi connectivity index (χ0v) is 17.7. The molecule has 0 aliphatic rings. The van der Waals surface area contributed by atoms with E-state index in [9.17, 15) is 9.59 Å². The lowest BCUT2D eigenvalue weighted by Crippen LogP contribution is -2.27. The van der Waals surface area contributed by atoms with Gasteiger partial charge in [0.15, 0.2) is 5.16 Å². The molecule has 0 radical (unpaired) electrons. The van der Waals surface area contributed by atoms with Gasteiger partial charge in [0.05, 0.1) is 12.9 Å². The summed E-state index contributed by atoms with van der Waals surface area (Å²) in [7, 11) is 1.59. The highest BCUT2D eigenvalue weighted by Crippen LogP contribution is 2.17. The van der Waals surface area contributed by atoms with E-state index in [4.69, 9.17) is 4.74 Å². The van der Waals surface area contributed by atoms with Gasteiger partial charge in [0.2, 0.25) is 11.6 Å². The van der Waals surface area contributed by atoms with Crippen LogP contribution in [0.15, 0.2) is 76.9 Å². The number of carbonyl (C=O) groups excluding carboxylic acids is 1. The largest absolute Gasteiger partial charge is 0.497 e. The summed E-state index contributed by atoms with van der Waals surface area (Å²) in [5, 5.41) is 11.5. The Labute approximate surface area is 182 Å². The lowest BCUT2D eigenvalue weighted by atomic mass is 10.1. The summed E-state index contributed by atoms with van der Waals surface area (Å²) in [6.45, 7) is 0.566. The van der Waals surface area contributed by atoms with E-state index in [1.54, 1.807) is 48.2 Å². The Bertz CT molecular complexity index is 1240. The predicted octanol–water partition coefficient (Wildman–Crippen LogP) is 2.34. The average molecular weight is 436 g/mol. The van der Waals surface area contributed by atoms with Gasteiger partial charge in [-0.25, -0.2) is 0 Å². The molecule has 9 heteroatoms. The maximum atomic E-state index is 12.8. The van der Waals surface area contributed by atoms with Crippen LogP contribution in [0.2, 0.25) is 0 Å². The summed E-state index contributed by atoms with van der Waals surface area (Å²) in [5.74, 6) is 0.808. The zero-order chi connectivity index (χ0) is 21.6. The number of fused-ring (bicyclic) bond motifs is 1. The molecule has 158 valence electrons. The van der Waals surface area contributed by atoms with Crippen LogP contribution in [0.1, 0.15) is 5.56 Å². The summed E-state index contributed by atoms with van der Waals surface area (Å²) < 4.78 is 8.25. The maximum absolute atomic E-state index is 12.8. The molecule has 0 unspecified atom stereocenters. The number of rotatable bonds is 8. The molecule has 0 aliphatic carbocycles. The summed E-state index contributed by atoms with van der Waals surface area (Å²) in [4.78, 5) is 25.0. The summed E-state index contributed by atoms with van der Waals surface area (Å²) >= 11 is 1.24. The number of thioether (sulfide) groups is 1. The average Bonchev–Trinajstić information content (AvgIpc) is 3.23. The van der Waals surface area contributed by atoms with Gasteiger partial charge in [-0.1, -0.05) is 42.1 Å². The van der Waals surface area contributed by atoms with E-state index < -0.39 is 0 Å². The molecular formula is C22H21N5O3S. The molecule has 0 fully saturated rings. The minimum atomic E-state index is -0.292. The first-order chi connectivity index (χ1) is 15.2. The Hall–Kier alpha value is -3.59. The van der Waals surface area contributed by atoms with E-state index in [1.807, 2.05) is 30.3 Å². The normalized spacial score (nSPS) is 10.9. The lowest BCUT2D eigenvalue weighted by molar-refractivity contribution is -0.118. The molecule has 8 nitrogen and oxygen atoms in total. The van der Waals surface area contributed by atoms with Crippen LogP contribution in [0.3, 0.4) is 0 Å². The molecule has 0 saturated heterocycles. The number of benzene rings is 2. The molecule has 31 heavy (non-hydrogen) atoms. The SMILES string of the molecule is COc1ccc(-n2ccn3c(SCC(=O)NCCc4ccccc4)nnc3c2=O)cc1. The Morgan fingerprint density at radius 3 is 2.58 bits per heavy atom. The monoisotopic (exact) mass is 435 g/mol. The van der Waals surface area contributed by atoms with Crippen molar-refractivity contribution in [3.63, 3.8) is 0 Å². The Balaban J connectivity index is 1.40. The summed E-state index contributed by atoms with van der Waals surface area (Å²) in [6, 6.07) is 17.1. The number of nitrogens with one attached hydrogen (secondary N) is 1. The second-order valence-electron chi connectivity index (χ2n) is 6.72. The van der Waals surface area contributed by atoms with E-state index in [0.29, 0.717) is 23.1 Å². The molecule has 0 saturated carbocycles. The van der Waals surface area contributed by atoms with Crippen molar-refractivity contribution in [3.05, 3.63) is 82.9 Å². The number of aromatic nitrogens is 4. The van der Waals surface area contributed by atoms with Gasteiger partial charge < -0.3 is 10.1 Å². The number of methoxy groups -OCH3 is 1. The minimum absolute atomic E-state index is 0.0933. The fourth-order valence-corrected chi connectivity index (χ4v) is 3.83. The van der Waals surface area contributed by atoms with Gasteiger partial charge >= 0.3 is 5.56 Å². The molecule has 2 heterocycles. The number of amides is 1. The molecule has 2 aromatic carbocycles. The van der Waals surface area contributed by atoms with Gasteiger partial charge in [-0.05, 0) is 36.2 Å². The van der Waals surface area contributed by atoms with E-state index in [2.05, 4.69) is 15.5 Å². The van der Waals surface area contributed by atoms with Crippen LogP contribution >= 0.6 is 11.8 Å². The van der Waals surface area contributed by atoms with Gasteiger partial charge in [0, 0.05) is 24.6 Å². The Morgan fingerprint density at radius 2 is 1.84 bits per heavy atom. The Morgan fingerprint density at radius 1 is 1.06 bits per heavy atom. The van der Waals surface area contributed by atoms with Crippen molar-refractivity contribution in [2.24, 2.45) is 0 Å². The first kappa shape index (κ1) is 20.7. The molecule has 2 aromatic heterocycles. The van der Waals surface area contributed by atoms with Gasteiger partial charge in [-0.2, -0.15) is 0 Å². The predicted molar refractivity (Wildman–Crippen MR) is 119 cm³/mol. The first-order valence-electron chi connectivity index (χ1n) is 9.70. The summed E-state index contributed by atoms with van der Waals surface area (Å²) in [6.07, 6.45) is 4.15. The van der Waals surface area contributed by atoms with Crippen LogP contribution < -0.4 is 15.6 Å². The third kappa shape index (κ3) is 4.77. The highest BCUT2D eigenvalue weighted by molar-refractivity contribution is 7.99. The fourth-order valence-electron chi connectivity index (χ4n) is 3.08. The molecule has 0 atom stereocenters. The molecule has 0 spiro atoms. The van der Waals surface area contributed by atoms with Crippen molar-refractivity contribution in [1.82, 2.24) is 24.5 Å². The van der Waals surface area contributed by atoms with Crippen molar-refractivity contribution in [3.8, 4) is 11.4 Å². The molecule has 1 N–H and O–H groups in total. The smallest absolute Gasteiger partial charge is 0.300 e. The third-order valence-electron chi connectivity index (χ3n) is 4.70. The molecule has 4 aromatic rings. The van der Waals surface area contributed by atoms with Gasteiger partial charge in [0.25, 0.3) is 0 Å².